The molecule has 1 aliphatic rings. The van der Waals surface area contributed by atoms with Gasteiger partial charge in [0.2, 0.25) is 0 Å². The summed E-state index contributed by atoms with van der Waals surface area (Å²) in [6.07, 6.45) is 7.85. The zero-order valence-corrected chi connectivity index (χ0v) is 6.52. The van der Waals surface area contributed by atoms with Gasteiger partial charge in [0, 0.05) is 0 Å². The van der Waals surface area contributed by atoms with Gasteiger partial charge in [0.25, 0.3) is 0 Å². The van der Waals surface area contributed by atoms with Crippen LogP contribution >= 0.6 is 0 Å². The average molecular weight is 116 g/mol. The predicted molar refractivity (Wildman–Crippen MR) is 37.8 cm³/mol. The predicted octanol–water partition coefficient (Wildman–Crippen LogP) is -0.355. The Kier molecular flexibility index (Phi) is 4.02. The molecule has 0 spiro atoms. The van der Waals surface area contributed by atoms with Gasteiger partial charge in [-0.15, -0.1) is 0 Å². The van der Waals surface area contributed by atoms with Crippen molar-refractivity contribution in [2.24, 2.45) is 5.92 Å². The third kappa shape index (κ3) is 2.43. The SMILES string of the molecule is CC(C)C1=CCC=C1.[H-].[Li+]. The van der Waals surface area contributed by atoms with Gasteiger partial charge in [-0.05, 0) is 17.9 Å². The molecule has 0 aromatic rings. The molecule has 0 fully saturated rings. The third-order valence-corrected chi connectivity index (χ3v) is 1.47. The minimum absolute atomic E-state index is 0. The Balaban J connectivity index is 0. The number of hydrogen-bond donors (Lipinski definition) is 0. The van der Waals surface area contributed by atoms with Crippen LogP contribution in [0.3, 0.4) is 0 Å². The fraction of sp³-hybridized carbons (Fsp3) is 0.500. The molecule has 0 heterocycles. The average Bonchev–Trinajstić information content (AvgIpc) is 2.12. The Hall–Kier alpha value is 0.0774. The second-order valence-corrected chi connectivity index (χ2v) is 2.50. The molecule has 1 aliphatic carbocycles. The molecule has 1 rings (SSSR count). The Morgan fingerprint density at radius 1 is 1.56 bits per heavy atom. The van der Waals surface area contributed by atoms with Gasteiger partial charge in [-0.25, -0.2) is 0 Å². The van der Waals surface area contributed by atoms with Gasteiger partial charge in [-0.1, -0.05) is 32.1 Å². The summed E-state index contributed by atoms with van der Waals surface area (Å²) in [5.74, 6) is 0.716. The fourth-order valence-electron chi connectivity index (χ4n) is 0.904. The van der Waals surface area contributed by atoms with Crippen LogP contribution in [0.5, 0.6) is 0 Å². The summed E-state index contributed by atoms with van der Waals surface area (Å²) in [5.41, 5.74) is 1.49. The Bertz CT molecular complexity index is 136. The molecule has 0 radical (unpaired) electrons. The van der Waals surface area contributed by atoms with Crippen molar-refractivity contribution in [3.63, 3.8) is 0 Å². The summed E-state index contributed by atoms with van der Waals surface area (Å²) in [6, 6.07) is 0. The van der Waals surface area contributed by atoms with E-state index in [-0.39, 0.29) is 20.3 Å². The first-order chi connectivity index (χ1) is 3.80. The van der Waals surface area contributed by atoms with Crippen molar-refractivity contribution in [1.82, 2.24) is 0 Å². The van der Waals surface area contributed by atoms with E-state index in [1.807, 2.05) is 0 Å². The van der Waals surface area contributed by atoms with E-state index in [2.05, 4.69) is 32.1 Å². The second kappa shape index (κ2) is 3.98. The van der Waals surface area contributed by atoms with E-state index in [0.717, 1.165) is 6.42 Å². The summed E-state index contributed by atoms with van der Waals surface area (Å²) in [6.45, 7) is 4.45. The maximum absolute atomic E-state index is 2.28. The first-order valence-electron chi connectivity index (χ1n) is 3.17. The zero-order valence-electron chi connectivity index (χ0n) is 7.52. The summed E-state index contributed by atoms with van der Waals surface area (Å²) in [4.78, 5) is 0. The first-order valence-corrected chi connectivity index (χ1v) is 3.17. The molecule has 0 saturated carbocycles. The number of rotatable bonds is 1. The van der Waals surface area contributed by atoms with Crippen molar-refractivity contribution in [2.45, 2.75) is 20.3 Å². The first kappa shape index (κ1) is 9.08. The Morgan fingerprint density at radius 3 is 2.44 bits per heavy atom. The summed E-state index contributed by atoms with van der Waals surface area (Å²) < 4.78 is 0. The summed E-state index contributed by atoms with van der Waals surface area (Å²) >= 11 is 0. The second-order valence-electron chi connectivity index (χ2n) is 2.50. The number of allylic oxidation sites excluding steroid dienone is 4. The van der Waals surface area contributed by atoms with E-state index < -0.39 is 0 Å². The van der Waals surface area contributed by atoms with Crippen LogP contribution < -0.4 is 18.9 Å². The molecule has 0 amide bonds. The molecule has 0 N–H and O–H groups in total. The smallest absolute Gasteiger partial charge is 1.00 e. The maximum Gasteiger partial charge on any atom is 1.00 e. The zero-order chi connectivity index (χ0) is 5.98. The van der Waals surface area contributed by atoms with E-state index in [4.69, 9.17) is 0 Å². The van der Waals surface area contributed by atoms with Gasteiger partial charge in [0.1, 0.15) is 0 Å². The van der Waals surface area contributed by atoms with Crippen molar-refractivity contribution in [3.8, 4) is 0 Å². The van der Waals surface area contributed by atoms with Gasteiger partial charge in [0.05, 0.1) is 0 Å². The normalized spacial score (nSPS) is 15.7. The van der Waals surface area contributed by atoms with Gasteiger partial charge in [-0.3, -0.25) is 0 Å². The van der Waals surface area contributed by atoms with Crippen molar-refractivity contribution >= 4 is 0 Å². The van der Waals surface area contributed by atoms with Gasteiger partial charge in [-0.2, -0.15) is 0 Å². The molecule has 0 nitrogen and oxygen atoms in total. The van der Waals surface area contributed by atoms with E-state index in [1.165, 1.54) is 5.57 Å². The van der Waals surface area contributed by atoms with Gasteiger partial charge in [0.15, 0.2) is 0 Å². The minimum atomic E-state index is 0. The van der Waals surface area contributed by atoms with E-state index in [1.54, 1.807) is 0 Å². The third-order valence-electron chi connectivity index (χ3n) is 1.47. The quantitative estimate of drug-likeness (QED) is 0.411. The molecule has 0 aromatic carbocycles. The molecular formula is C8H13Li. The monoisotopic (exact) mass is 116 g/mol. The van der Waals surface area contributed by atoms with Crippen molar-refractivity contribution in [1.29, 1.82) is 0 Å². The van der Waals surface area contributed by atoms with Crippen LogP contribution in [0.15, 0.2) is 23.8 Å². The van der Waals surface area contributed by atoms with Crippen LogP contribution in [0.2, 0.25) is 0 Å². The molecule has 1 heteroatoms. The minimum Gasteiger partial charge on any atom is -1.00 e. The van der Waals surface area contributed by atoms with E-state index in [9.17, 15) is 0 Å². The van der Waals surface area contributed by atoms with E-state index in [0.29, 0.717) is 5.92 Å². The van der Waals surface area contributed by atoms with E-state index >= 15 is 0 Å². The molecule has 9 heavy (non-hydrogen) atoms. The van der Waals surface area contributed by atoms with Crippen LogP contribution in [0.1, 0.15) is 21.7 Å². The Labute approximate surface area is 70.7 Å². The molecule has 0 aliphatic heterocycles. The molecular weight excluding hydrogens is 103 g/mol. The van der Waals surface area contributed by atoms with Gasteiger partial charge >= 0.3 is 18.9 Å². The standard InChI is InChI=1S/C8H12.Li.H/c1-7(2)8-5-3-4-6-8;;/h3,5-7H,4H2,1-2H3;;/q;+1;-1. The largest absolute Gasteiger partial charge is 1.00 e. The molecule has 0 saturated heterocycles. The molecule has 0 unspecified atom stereocenters. The van der Waals surface area contributed by atoms with Crippen molar-refractivity contribution in [2.75, 3.05) is 0 Å². The van der Waals surface area contributed by atoms with Crippen LogP contribution in [0.25, 0.3) is 0 Å². The van der Waals surface area contributed by atoms with Crippen molar-refractivity contribution < 1.29 is 20.3 Å². The fourth-order valence-corrected chi connectivity index (χ4v) is 0.904. The molecule has 0 aromatic heterocycles. The number of hydrogen-bond acceptors (Lipinski definition) is 0. The van der Waals surface area contributed by atoms with Crippen LogP contribution in [0, 0.1) is 5.92 Å². The topological polar surface area (TPSA) is 0 Å². The molecule has 46 valence electrons. The van der Waals surface area contributed by atoms with Crippen LogP contribution in [0.4, 0.5) is 0 Å². The molecule has 0 atom stereocenters. The van der Waals surface area contributed by atoms with Crippen LogP contribution in [-0.4, -0.2) is 0 Å². The summed E-state index contributed by atoms with van der Waals surface area (Å²) in [7, 11) is 0. The van der Waals surface area contributed by atoms with Crippen LogP contribution in [-0.2, 0) is 0 Å². The van der Waals surface area contributed by atoms with Gasteiger partial charge < -0.3 is 1.43 Å². The molecule has 0 bridgehead atoms. The van der Waals surface area contributed by atoms with Crippen molar-refractivity contribution in [3.05, 3.63) is 23.8 Å². The maximum atomic E-state index is 2.28. The summed E-state index contributed by atoms with van der Waals surface area (Å²) in [5, 5.41) is 0. The Morgan fingerprint density at radius 2 is 2.22 bits per heavy atom.